The average molecular weight is 313 g/mol. The first-order valence-electron chi connectivity index (χ1n) is 6.02. The molecule has 2 rings (SSSR count). The highest BCUT2D eigenvalue weighted by atomic mass is 79.9. The summed E-state index contributed by atoms with van der Waals surface area (Å²) in [5.74, 6) is 0.859. The van der Waals surface area contributed by atoms with Crippen molar-refractivity contribution in [3.8, 4) is 0 Å². The molecule has 0 atom stereocenters. The highest BCUT2D eigenvalue weighted by Crippen LogP contribution is 2.15. The summed E-state index contributed by atoms with van der Waals surface area (Å²) in [7, 11) is 0. The number of carbonyl (C=O) groups is 1. The Balaban J connectivity index is 1.86. The Morgan fingerprint density at radius 1 is 1.50 bits per heavy atom. The fourth-order valence-corrected chi connectivity index (χ4v) is 2.06. The third kappa shape index (κ3) is 3.43. The van der Waals surface area contributed by atoms with Crippen LogP contribution in [0.3, 0.4) is 0 Å². The molecule has 1 aromatic heterocycles. The van der Waals surface area contributed by atoms with Gasteiger partial charge in [-0.05, 0) is 35.0 Å². The van der Waals surface area contributed by atoms with E-state index in [-0.39, 0.29) is 5.91 Å². The lowest BCUT2D eigenvalue weighted by Gasteiger charge is -2.27. The predicted molar refractivity (Wildman–Crippen MR) is 74.6 cm³/mol. The molecule has 0 aromatic carbocycles. The lowest BCUT2D eigenvalue weighted by atomic mass is 10.3. The number of aromatic nitrogens is 1. The summed E-state index contributed by atoms with van der Waals surface area (Å²) in [4.78, 5) is 18.1. The lowest BCUT2D eigenvalue weighted by Crippen LogP contribution is -2.48. The highest BCUT2D eigenvalue weighted by Gasteiger charge is 2.15. The van der Waals surface area contributed by atoms with E-state index in [1.54, 1.807) is 0 Å². The molecule has 18 heavy (non-hydrogen) atoms. The van der Waals surface area contributed by atoms with Crippen LogP contribution in [0, 0.1) is 6.92 Å². The molecule has 1 fully saturated rings. The minimum absolute atomic E-state index is 0.124. The van der Waals surface area contributed by atoms with Gasteiger partial charge in [0.15, 0.2) is 0 Å². The van der Waals surface area contributed by atoms with E-state index in [1.165, 1.54) is 0 Å². The Bertz CT molecular complexity index is 432. The van der Waals surface area contributed by atoms with Crippen LogP contribution in [-0.4, -0.2) is 48.5 Å². The van der Waals surface area contributed by atoms with Crippen molar-refractivity contribution in [3.05, 3.63) is 22.3 Å². The van der Waals surface area contributed by atoms with Crippen LogP contribution < -0.4 is 10.6 Å². The second kappa shape index (κ2) is 6.15. The Labute approximate surface area is 115 Å². The third-order valence-electron chi connectivity index (χ3n) is 2.91. The number of halogens is 1. The Morgan fingerprint density at radius 3 is 2.89 bits per heavy atom. The molecule has 1 saturated heterocycles. The van der Waals surface area contributed by atoms with Gasteiger partial charge < -0.3 is 15.5 Å². The van der Waals surface area contributed by atoms with E-state index >= 15 is 0 Å². The zero-order chi connectivity index (χ0) is 13.0. The van der Waals surface area contributed by atoms with E-state index in [9.17, 15) is 4.79 Å². The van der Waals surface area contributed by atoms with Crippen LogP contribution in [0.15, 0.2) is 16.6 Å². The molecule has 0 radical (unpaired) electrons. The zero-order valence-electron chi connectivity index (χ0n) is 10.4. The first-order valence-corrected chi connectivity index (χ1v) is 6.81. The van der Waals surface area contributed by atoms with E-state index in [1.807, 2.05) is 24.0 Å². The molecule has 2 N–H and O–H groups in total. The molecule has 1 amide bonds. The van der Waals surface area contributed by atoms with Crippen molar-refractivity contribution < 1.29 is 4.79 Å². The van der Waals surface area contributed by atoms with Crippen LogP contribution >= 0.6 is 15.9 Å². The van der Waals surface area contributed by atoms with Gasteiger partial charge in [-0.2, -0.15) is 0 Å². The fourth-order valence-electron chi connectivity index (χ4n) is 1.83. The summed E-state index contributed by atoms with van der Waals surface area (Å²) < 4.78 is 0.974. The SMILES string of the molecule is Cc1nc(NCC(=O)N2CCNCC2)ccc1Br. The fraction of sp³-hybridized carbons (Fsp3) is 0.500. The maximum atomic E-state index is 11.9. The normalized spacial score (nSPS) is 15.6. The first-order chi connectivity index (χ1) is 8.66. The molecule has 0 aliphatic carbocycles. The van der Waals surface area contributed by atoms with Crippen LogP contribution in [0.25, 0.3) is 0 Å². The van der Waals surface area contributed by atoms with Crippen molar-refractivity contribution in [2.45, 2.75) is 6.92 Å². The van der Waals surface area contributed by atoms with E-state index in [0.29, 0.717) is 6.54 Å². The highest BCUT2D eigenvalue weighted by molar-refractivity contribution is 9.10. The number of amides is 1. The molecule has 0 bridgehead atoms. The van der Waals surface area contributed by atoms with Crippen molar-refractivity contribution in [1.29, 1.82) is 0 Å². The molecule has 2 heterocycles. The van der Waals surface area contributed by atoms with Crippen molar-refractivity contribution >= 4 is 27.7 Å². The number of aryl methyl sites for hydroxylation is 1. The molecule has 0 unspecified atom stereocenters. The number of hydrogen-bond acceptors (Lipinski definition) is 4. The molecular weight excluding hydrogens is 296 g/mol. The molecule has 5 nitrogen and oxygen atoms in total. The quantitative estimate of drug-likeness (QED) is 0.874. The van der Waals surface area contributed by atoms with Crippen molar-refractivity contribution in [2.75, 3.05) is 38.0 Å². The minimum atomic E-state index is 0.124. The minimum Gasteiger partial charge on any atom is -0.361 e. The van der Waals surface area contributed by atoms with Gasteiger partial charge in [0, 0.05) is 30.7 Å². The van der Waals surface area contributed by atoms with Crippen LogP contribution in [0.4, 0.5) is 5.82 Å². The summed E-state index contributed by atoms with van der Waals surface area (Å²) in [6.07, 6.45) is 0. The smallest absolute Gasteiger partial charge is 0.242 e. The summed E-state index contributed by atoms with van der Waals surface area (Å²) in [5.41, 5.74) is 0.912. The number of rotatable bonds is 3. The van der Waals surface area contributed by atoms with E-state index < -0.39 is 0 Å². The number of nitrogens with one attached hydrogen (secondary N) is 2. The monoisotopic (exact) mass is 312 g/mol. The van der Waals surface area contributed by atoms with Gasteiger partial charge in [0.25, 0.3) is 0 Å². The molecule has 0 spiro atoms. The van der Waals surface area contributed by atoms with E-state index in [2.05, 4.69) is 31.5 Å². The van der Waals surface area contributed by atoms with E-state index in [0.717, 1.165) is 42.2 Å². The van der Waals surface area contributed by atoms with Crippen LogP contribution in [0.1, 0.15) is 5.69 Å². The number of nitrogens with zero attached hydrogens (tertiary/aromatic N) is 2. The molecule has 1 aromatic rings. The largest absolute Gasteiger partial charge is 0.361 e. The maximum absolute atomic E-state index is 11.9. The number of anilines is 1. The van der Waals surface area contributed by atoms with Crippen molar-refractivity contribution in [3.63, 3.8) is 0 Å². The van der Waals surface area contributed by atoms with Crippen LogP contribution in [-0.2, 0) is 4.79 Å². The van der Waals surface area contributed by atoms with Gasteiger partial charge in [-0.1, -0.05) is 0 Å². The molecule has 1 aliphatic heterocycles. The van der Waals surface area contributed by atoms with Gasteiger partial charge in [-0.3, -0.25) is 4.79 Å². The zero-order valence-corrected chi connectivity index (χ0v) is 12.0. The summed E-state index contributed by atoms with van der Waals surface area (Å²) in [6, 6.07) is 3.79. The first kappa shape index (κ1) is 13.3. The standard InChI is InChI=1S/C12H17BrN4O/c1-9-10(13)2-3-11(16-9)15-8-12(18)17-6-4-14-5-7-17/h2-3,14H,4-8H2,1H3,(H,15,16). The Hall–Kier alpha value is -1.14. The van der Waals surface area contributed by atoms with Gasteiger partial charge in [0.2, 0.25) is 5.91 Å². The third-order valence-corrected chi connectivity index (χ3v) is 3.75. The van der Waals surface area contributed by atoms with Gasteiger partial charge in [-0.25, -0.2) is 4.98 Å². The summed E-state index contributed by atoms with van der Waals surface area (Å²) in [6.45, 7) is 5.55. The number of hydrogen-bond donors (Lipinski definition) is 2. The lowest BCUT2D eigenvalue weighted by molar-refractivity contribution is -0.129. The molecule has 6 heteroatoms. The molecular formula is C12H17BrN4O. The second-order valence-corrected chi connectivity index (χ2v) is 5.10. The average Bonchev–Trinajstić information content (AvgIpc) is 2.41. The number of carbonyl (C=O) groups excluding carboxylic acids is 1. The molecule has 0 saturated carbocycles. The summed E-state index contributed by atoms with van der Waals surface area (Å²) >= 11 is 3.40. The predicted octanol–water partition coefficient (Wildman–Crippen LogP) is 0.996. The van der Waals surface area contributed by atoms with Crippen molar-refractivity contribution in [1.82, 2.24) is 15.2 Å². The van der Waals surface area contributed by atoms with Crippen LogP contribution in [0.2, 0.25) is 0 Å². The molecule has 1 aliphatic rings. The number of piperazine rings is 1. The number of pyridine rings is 1. The Kier molecular flexibility index (Phi) is 4.54. The maximum Gasteiger partial charge on any atom is 0.242 e. The van der Waals surface area contributed by atoms with Gasteiger partial charge >= 0.3 is 0 Å². The molecule has 98 valence electrons. The van der Waals surface area contributed by atoms with Crippen molar-refractivity contribution in [2.24, 2.45) is 0 Å². The Morgan fingerprint density at radius 2 is 2.22 bits per heavy atom. The van der Waals surface area contributed by atoms with E-state index in [4.69, 9.17) is 0 Å². The second-order valence-electron chi connectivity index (χ2n) is 4.25. The van der Waals surface area contributed by atoms with Gasteiger partial charge in [0.05, 0.1) is 12.2 Å². The van der Waals surface area contributed by atoms with Gasteiger partial charge in [-0.15, -0.1) is 0 Å². The summed E-state index contributed by atoms with van der Waals surface area (Å²) in [5, 5.41) is 6.29. The topological polar surface area (TPSA) is 57.3 Å². The van der Waals surface area contributed by atoms with Crippen LogP contribution in [0.5, 0.6) is 0 Å². The van der Waals surface area contributed by atoms with Gasteiger partial charge in [0.1, 0.15) is 5.82 Å².